The first-order valence-electron chi connectivity index (χ1n) is 5.23. The van der Waals surface area contributed by atoms with E-state index >= 15 is 0 Å². The third-order valence-electron chi connectivity index (χ3n) is 2.72. The minimum atomic E-state index is -0.126. The second-order valence-electron chi connectivity index (χ2n) is 3.90. The van der Waals surface area contributed by atoms with Crippen molar-refractivity contribution in [3.05, 3.63) is 29.6 Å². The molecule has 16 heavy (non-hydrogen) atoms. The Morgan fingerprint density at radius 3 is 2.69 bits per heavy atom. The minimum absolute atomic E-state index is 0.126. The number of rotatable bonds is 3. The highest BCUT2D eigenvalue weighted by Crippen LogP contribution is 2.18. The van der Waals surface area contributed by atoms with E-state index in [4.69, 9.17) is 18.0 Å². The van der Waals surface area contributed by atoms with Crippen LogP contribution in [0.15, 0.2) is 18.3 Å². The Kier molecular flexibility index (Phi) is 3.14. The molecule has 1 heterocycles. The number of hydrogen-bond acceptors (Lipinski definition) is 3. The molecule has 1 aliphatic rings. The number of aromatic nitrogens is 1. The van der Waals surface area contributed by atoms with Gasteiger partial charge in [0.1, 0.15) is 10.7 Å². The summed E-state index contributed by atoms with van der Waals surface area (Å²) < 4.78 is 0. The smallest absolute Gasteiger partial charge is 0.270 e. The summed E-state index contributed by atoms with van der Waals surface area (Å²) in [5, 5.41) is 2.92. The van der Waals surface area contributed by atoms with E-state index in [0.717, 1.165) is 12.8 Å². The largest absolute Gasteiger partial charge is 0.389 e. The number of nitrogens with two attached hydrogens (primary N) is 1. The minimum Gasteiger partial charge on any atom is -0.389 e. The lowest BCUT2D eigenvalue weighted by Gasteiger charge is -2.26. The SMILES string of the molecule is NC(=S)c1ccc(C(=O)NC2CCC2)nc1. The fraction of sp³-hybridized carbons (Fsp3) is 0.364. The molecule has 0 spiro atoms. The number of pyridine rings is 1. The highest BCUT2D eigenvalue weighted by atomic mass is 32.1. The van der Waals surface area contributed by atoms with Gasteiger partial charge in [-0.25, -0.2) is 0 Å². The van der Waals surface area contributed by atoms with Crippen LogP contribution < -0.4 is 11.1 Å². The first-order valence-corrected chi connectivity index (χ1v) is 5.64. The molecule has 4 nitrogen and oxygen atoms in total. The quantitative estimate of drug-likeness (QED) is 0.767. The van der Waals surface area contributed by atoms with Gasteiger partial charge in [0, 0.05) is 17.8 Å². The van der Waals surface area contributed by atoms with Crippen molar-refractivity contribution in [1.29, 1.82) is 0 Å². The molecule has 84 valence electrons. The van der Waals surface area contributed by atoms with E-state index in [2.05, 4.69) is 10.3 Å². The predicted octanol–water partition coefficient (Wildman–Crippen LogP) is 0.998. The normalized spacial score (nSPS) is 15.2. The summed E-state index contributed by atoms with van der Waals surface area (Å²) in [6, 6.07) is 3.68. The number of carbonyl (C=O) groups excluding carboxylic acids is 1. The molecule has 0 atom stereocenters. The molecule has 2 rings (SSSR count). The molecule has 1 saturated carbocycles. The Labute approximate surface area is 99.2 Å². The summed E-state index contributed by atoms with van der Waals surface area (Å²) >= 11 is 4.81. The van der Waals surface area contributed by atoms with Crippen molar-refractivity contribution in [3.63, 3.8) is 0 Å². The van der Waals surface area contributed by atoms with Gasteiger partial charge in [-0.3, -0.25) is 9.78 Å². The van der Waals surface area contributed by atoms with Crippen LogP contribution in [0.4, 0.5) is 0 Å². The molecule has 0 aliphatic heterocycles. The van der Waals surface area contributed by atoms with Crippen molar-refractivity contribution in [3.8, 4) is 0 Å². The fourth-order valence-corrected chi connectivity index (χ4v) is 1.61. The number of carbonyl (C=O) groups is 1. The van der Waals surface area contributed by atoms with Crippen molar-refractivity contribution in [1.82, 2.24) is 10.3 Å². The van der Waals surface area contributed by atoms with E-state index in [-0.39, 0.29) is 5.91 Å². The molecule has 0 bridgehead atoms. The maximum Gasteiger partial charge on any atom is 0.270 e. The Balaban J connectivity index is 2.02. The molecule has 3 N–H and O–H groups in total. The van der Waals surface area contributed by atoms with Crippen molar-refractivity contribution >= 4 is 23.1 Å². The summed E-state index contributed by atoms with van der Waals surface area (Å²) in [5.74, 6) is -0.126. The van der Waals surface area contributed by atoms with Crippen molar-refractivity contribution < 1.29 is 4.79 Å². The van der Waals surface area contributed by atoms with Crippen molar-refractivity contribution in [2.24, 2.45) is 5.73 Å². The van der Waals surface area contributed by atoms with Crippen LogP contribution in [0.5, 0.6) is 0 Å². The Hall–Kier alpha value is -1.49. The molecule has 0 unspecified atom stereocenters. The Morgan fingerprint density at radius 1 is 1.50 bits per heavy atom. The van der Waals surface area contributed by atoms with Gasteiger partial charge in [-0.05, 0) is 31.4 Å². The van der Waals surface area contributed by atoms with Gasteiger partial charge in [0.05, 0.1) is 0 Å². The van der Waals surface area contributed by atoms with E-state index < -0.39 is 0 Å². The van der Waals surface area contributed by atoms with Crippen LogP contribution in [0.1, 0.15) is 35.3 Å². The molecule has 1 aromatic rings. The summed E-state index contributed by atoms with van der Waals surface area (Å²) in [5.41, 5.74) is 6.53. The van der Waals surface area contributed by atoms with Gasteiger partial charge in [-0.2, -0.15) is 0 Å². The molecule has 1 aliphatic carbocycles. The van der Waals surface area contributed by atoms with Crippen LogP contribution in [0, 0.1) is 0 Å². The lowest BCUT2D eigenvalue weighted by Crippen LogP contribution is -2.39. The first-order chi connectivity index (χ1) is 7.66. The van der Waals surface area contributed by atoms with E-state index in [0.29, 0.717) is 22.3 Å². The molecule has 0 saturated heterocycles. The lowest BCUT2D eigenvalue weighted by molar-refractivity contribution is 0.0912. The van der Waals surface area contributed by atoms with Gasteiger partial charge in [-0.15, -0.1) is 0 Å². The van der Waals surface area contributed by atoms with Crippen molar-refractivity contribution in [2.45, 2.75) is 25.3 Å². The number of nitrogens with one attached hydrogen (secondary N) is 1. The van der Waals surface area contributed by atoms with Gasteiger partial charge >= 0.3 is 0 Å². The Bertz CT molecular complexity index is 412. The van der Waals surface area contributed by atoms with Gasteiger partial charge in [0.2, 0.25) is 0 Å². The fourth-order valence-electron chi connectivity index (χ4n) is 1.49. The zero-order valence-corrected chi connectivity index (χ0v) is 9.59. The van der Waals surface area contributed by atoms with Crippen LogP contribution in [-0.4, -0.2) is 21.9 Å². The summed E-state index contributed by atoms with van der Waals surface area (Å²) in [4.78, 5) is 16.0. The first kappa shape index (κ1) is 11.0. The molecule has 0 radical (unpaired) electrons. The van der Waals surface area contributed by atoms with E-state index in [9.17, 15) is 4.79 Å². The molecular weight excluding hydrogens is 222 g/mol. The third kappa shape index (κ3) is 2.36. The maximum atomic E-state index is 11.7. The molecule has 0 aromatic carbocycles. The second kappa shape index (κ2) is 4.57. The van der Waals surface area contributed by atoms with Crippen molar-refractivity contribution in [2.75, 3.05) is 0 Å². The standard InChI is InChI=1S/C11H13N3OS/c12-10(16)7-4-5-9(13-6-7)11(15)14-8-2-1-3-8/h4-6,8H,1-3H2,(H2,12,16)(H,14,15). The highest BCUT2D eigenvalue weighted by Gasteiger charge is 2.20. The number of hydrogen-bond donors (Lipinski definition) is 2. The van der Waals surface area contributed by atoms with Gasteiger partial charge in [-0.1, -0.05) is 12.2 Å². The van der Waals surface area contributed by atoms with Gasteiger partial charge < -0.3 is 11.1 Å². The average molecular weight is 235 g/mol. The van der Waals surface area contributed by atoms with Crippen LogP contribution in [0.2, 0.25) is 0 Å². The number of nitrogens with zero attached hydrogens (tertiary/aromatic N) is 1. The van der Waals surface area contributed by atoms with Gasteiger partial charge in [0.15, 0.2) is 0 Å². The molecule has 1 amide bonds. The molecule has 1 fully saturated rings. The van der Waals surface area contributed by atoms with Crippen LogP contribution in [0.25, 0.3) is 0 Å². The molecule has 1 aromatic heterocycles. The van der Waals surface area contributed by atoms with E-state index in [1.165, 1.54) is 12.6 Å². The monoisotopic (exact) mass is 235 g/mol. The molecular formula is C11H13N3OS. The van der Waals surface area contributed by atoms with Crippen LogP contribution >= 0.6 is 12.2 Å². The summed E-state index contributed by atoms with van der Waals surface area (Å²) in [6.07, 6.45) is 4.85. The number of thiocarbonyl (C=S) groups is 1. The Morgan fingerprint density at radius 2 is 2.25 bits per heavy atom. The third-order valence-corrected chi connectivity index (χ3v) is 2.96. The maximum absolute atomic E-state index is 11.7. The zero-order chi connectivity index (χ0) is 11.5. The van der Waals surface area contributed by atoms with Gasteiger partial charge in [0.25, 0.3) is 5.91 Å². The topological polar surface area (TPSA) is 68.0 Å². The van der Waals surface area contributed by atoms with Crippen LogP contribution in [-0.2, 0) is 0 Å². The van der Waals surface area contributed by atoms with E-state index in [1.54, 1.807) is 12.1 Å². The van der Waals surface area contributed by atoms with E-state index in [1.807, 2.05) is 0 Å². The summed E-state index contributed by atoms with van der Waals surface area (Å²) in [7, 11) is 0. The second-order valence-corrected chi connectivity index (χ2v) is 4.34. The highest BCUT2D eigenvalue weighted by molar-refractivity contribution is 7.80. The number of amides is 1. The lowest BCUT2D eigenvalue weighted by atomic mass is 9.93. The zero-order valence-electron chi connectivity index (χ0n) is 8.77. The summed E-state index contributed by atoms with van der Waals surface area (Å²) in [6.45, 7) is 0. The van der Waals surface area contributed by atoms with Crippen LogP contribution in [0.3, 0.4) is 0 Å². The molecule has 5 heteroatoms. The average Bonchev–Trinajstić information content (AvgIpc) is 2.23. The predicted molar refractivity (Wildman–Crippen MR) is 65.2 cm³/mol.